The molecule has 152 valence electrons. The number of benzene rings is 2. The molecule has 1 aromatic heterocycles. The van der Waals surface area contributed by atoms with Crippen molar-refractivity contribution in [2.45, 2.75) is 30.4 Å². The highest BCUT2D eigenvalue weighted by Gasteiger charge is 2.17. The number of carbonyl (C=O) groups excluding carboxylic acids is 1. The van der Waals surface area contributed by atoms with Crippen LogP contribution in [0.2, 0.25) is 0 Å². The van der Waals surface area contributed by atoms with Gasteiger partial charge in [-0.3, -0.25) is 4.79 Å². The average molecular weight is 431 g/mol. The van der Waals surface area contributed by atoms with Crippen molar-refractivity contribution >= 4 is 32.8 Å². The quantitative estimate of drug-likeness (QED) is 0.504. The standard InChI is InChI=1S/C21H22N2O4S2/c1-2-3-13-27-18-8-4-16(5-9-18)21(24)23-17-6-10-19(11-7-17)29(25,26)15-20-22-12-14-28-20/h4-12,14H,2-3,13,15H2,1H3,(H,23,24). The molecule has 3 rings (SSSR count). The van der Waals surface area contributed by atoms with Crippen molar-refractivity contribution in [3.8, 4) is 5.75 Å². The highest BCUT2D eigenvalue weighted by Crippen LogP contribution is 2.20. The van der Waals surface area contributed by atoms with Gasteiger partial charge in [0.05, 0.1) is 11.5 Å². The Balaban J connectivity index is 1.61. The number of carbonyl (C=O) groups is 1. The number of ether oxygens (including phenoxy) is 1. The molecule has 0 saturated heterocycles. The fourth-order valence-corrected chi connectivity index (χ4v) is 4.81. The van der Waals surface area contributed by atoms with Crippen LogP contribution in [0.25, 0.3) is 0 Å². The zero-order valence-electron chi connectivity index (χ0n) is 16.0. The zero-order valence-corrected chi connectivity index (χ0v) is 17.6. The molecule has 0 spiro atoms. The molecule has 1 amide bonds. The van der Waals surface area contributed by atoms with Crippen LogP contribution in [0.1, 0.15) is 35.1 Å². The van der Waals surface area contributed by atoms with Gasteiger partial charge >= 0.3 is 0 Å². The van der Waals surface area contributed by atoms with Crippen LogP contribution in [-0.4, -0.2) is 25.9 Å². The molecule has 8 heteroatoms. The highest BCUT2D eigenvalue weighted by atomic mass is 32.2. The maximum Gasteiger partial charge on any atom is 0.255 e. The molecular weight excluding hydrogens is 408 g/mol. The van der Waals surface area contributed by atoms with Crippen molar-refractivity contribution in [1.29, 1.82) is 0 Å². The number of thiazole rings is 1. The Labute approximate surface area is 174 Å². The average Bonchev–Trinajstić information content (AvgIpc) is 3.21. The maximum absolute atomic E-state index is 12.4. The Bertz CT molecular complexity index is 1030. The molecule has 29 heavy (non-hydrogen) atoms. The minimum absolute atomic E-state index is 0.136. The number of hydrogen-bond acceptors (Lipinski definition) is 6. The summed E-state index contributed by atoms with van der Waals surface area (Å²) in [4.78, 5) is 16.6. The van der Waals surface area contributed by atoms with Crippen LogP contribution in [-0.2, 0) is 15.6 Å². The number of unbranched alkanes of at least 4 members (excludes halogenated alkanes) is 1. The van der Waals surface area contributed by atoms with Crippen LogP contribution in [0.15, 0.2) is 65.0 Å². The van der Waals surface area contributed by atoms with Gasteiger partial charge in [0, 0.05) is 22.8 Å². The lowest BCUT2D eigenvalue weighted by atomic mass is 10.2. The topological polar surface area (TPSA) is 85.4 Å². The summed E-state index contributed by atoms with van der Waals surface area (Å²) in [6, 6.07) is 13.1. The van der Waals surface area contributed by atoms with Crippen LogP contribution in [0.3, 0.4) is 0 Å². The summed E-state index contributed by atoms with van der Waals surface area (Å²) in [6.07, 6.45) is 3.63. The SMILES string of the molecule is CCCCOc1ccc(C(=O)Nc2ccc(S(=O)(=O)Cc3nccs3)cc2)cc1. The van der Waals surface area contributed by atoms with Crippen molar-refractivity contribution in [3.63, 3.8) is 0 Å². The molecule has 0 saturated carbocycles. The minimum Gasteiger partial charge on any atom is -0.494 e. The molecule has 0 aliphatic carbocycles. The van der Waals surface area contributed by atoms with E-state index >= 15 is 0 Å². The molecule has 0 radical (unpaired) electrons. The predicted molar refractivity (Wildman–Crippen MR) is 114 cm³/mol. The maximum atomic E-state index is 12.4. The second-order valence-electron chi connectivity index (χ2n) is 6.39. The van der Waals surface area contributed by atoms with E-state index in [9.17, 15) is 13.2 Å². The Hall–Kier alpha value is -2.71. The molecule has 1 N–H and O–H groups in total. The van der Waals surface area contributed by atoms with Gasteiger partial charge in [0.2, 0.25) is 0 Å². The number of sulfone groups is 1. The molecule has 2 aromatic carbocycles. The second-order valence-corrected chi connectivity index (χ2v) is 9.36. The first-order chi connectivity index (χ1) is 14.0. The van der Waals surface area contributed by atoms with Gasteiger partial charge in [0.1, 0.15) is 16.5 Å². The molecule has 1 heterocycles. The predicted octanol–water partition coefficient (Wildman–Crippen LogP) is 4.55. The Morgan fingerprint density at radius 3 is 2.45 bits per heavy atom. The molecule has 0 aliphatic rings. The van der Waals surface area contributed by atoms with Gasteiger partial charge in [-0.2, -0.15) is 0 Å². The number of amides is 1. The molecule has 0 unspecified atom stereocenters. The molecule has 0 atom stereocenters. The number of aromatic nitrogens is 1. The monoisotopic (exact) mass is 430 g/mol. The van der Waals surface area contributed by atoms with E-state index in [1.165, 1.54) is 23.5 Å². The van der Waals surface area contributed by atoms with Gasteiger partial charge in [0.15, 0.2) is 9.84 Å². The minimum atomic E-state index is -3.47. The molecule has 0 aliphatic heterocycles. The lowest BCUT2D eigenvalue weighted by Gasteiger charge is -2.08. The lowest BCUT2D eigenvalue weighted by Crippen LogP contribution is -2.12. The summed E-state index contributed by atoms with van der Waals surface area (Å²) in [7, 11) is -3.47. The lowest BCUT2D eigenvalue weighted by molar-refractivity contribution is 0.102. The van der Waals surface area contributed by atoms with E-state index in [-0.39, 0.29) is 16.6 Å². The first-order valence-electron chi connectivity index (χ1n) is 9.23. The van der Waals surface area contributed by atoms with E-state index in [1.54, 1.807) is 48.0 Å². The summed E-state index contributed by atoms with van der Waals surface area (Å²) in [5, 5.41) is 5.06. The van der Waals surface area contributed by atoms with Gasteiger partial charge < -0.3 is 10.1 Å². The third kappa shape index (κ3) is 5.88. The number of nitrogens with one attached hydrogen (secondary N) is 1. The van der Waals surface area contributed by atoms with Crippen LogP contribution in [0.4, 0.5) is 5.69 Å². The zero-order chi connectivity index (χ0) is 20.7. The highest BCUT2D eigenvalue weighted by molar-refractivity contribution is 7.90. The van der Waals surface area contributed by atoms with E-state index in [2.05, 4.69) is 17.2 Å². The Morgan fingerprint density at radius 2 is 1.83 bits per heavy atom. The van der Waals surface area contributed by atoms with Crippen molar-refractivity contribution in [2.24, 2.45) is 0 Å². The van der Waals surface area contributed by atoms with Crippen LogP contribution in [0, 0.1) is 0 Å². The van der Waals surface area contributed by atoms with Crippen LogP contribution >= 0.6 is 11.3 Å². The summed E-state index contributed by atoms with van der Waals surface area (Å²) in [5.74, 6) is 0.316. The van der Waals surface area contributed by atoms with Crippen molar-refractivity contribution in [3.05, 3.63) is 70.7 Å². The number of rotatable bonds is 9. The summed E-state index contributed by atoms with van der Waals surface area (Å²) in [6.45, 7) is 2.75. The van der Waals surface area contributed by atoms with Crippen LogP contribution in [0.5, 0.6) is 5.75 Å². The number of nitrogens with zero attached hydrogens (tertiary/aromatic N) is 1. The third-order valence-corrected chi connectivity index (χ3v) is 6.76. The summed E-state index contributed by atoms with van der Waals surface area (Å²) >= 11 is 1.30. The first kappa shape index (κ1) is 21.0. The smallest absolute Gasteiger partial charge is 0.255 e. The van der Waals surface area contributed by atoms with E-state index in [4.69, 9.17) is 4.74 Å². The van der Waals surface area contributed by atoms with Crippen molar-refractivity contribution < 1.29 is 17.9 Å². The van der Waals surface area contributed by atoms with Gasteiger partial charge in [-0.1, -0.05) is 13.3 Å². The second kappa shape index (κ2) is 9.67. The van der Waals surface area contributed by atoms with Gasteiger partial charge in [-0.25, -0.2) is 13.4 Å². The summed E-state index contributed by atoms with van der Waals surface area (Å²) < 4.78 is 30.5. The molecule has 3 aromatic rings. The normalized spacial score (nSPS) is 11.2. The molecule has 0 fully saturated rings. The first-order valence-corrected chi connectivity index (χ1v) is 11.8. The van der Waals surface area contributed by atoms with Gasteiger partial charge in [-0.05, 0) is 55.0 Å². The van der Waals surface area contributed by atoms with E-state index in [0.29, 0.717) is 22.9 Å². The fourth-order valence-electron chi connectivity index (χ4n) is 2.56. The van der Waals surface area contributed by atoms with Gasteiger partial charge in [0.25, 0.3) is 5.91 Å². The molecular formula is C21H22N2O4S2. The fraction of sp³-hybridized carbons (Fsp3) is 0.238. The van der Waals surface area contributed by atoms with Gasteiger partial charge in [-0.15, -0.1) is 11.3 Å². The van der Waals surface area contributed by atoms with E-state index in [1.807, 2.05) is 0 Å². The van der Waals surface area contributed by atoms with E-state index in [0.717, 1.165) is 18.6 Å². The largest absolute Gasteiger partial charge is 0.494 e. The molecule has 6 nitrogen and oxygen atoms in total. The Kier molecular flexibility index (Phi) is 7.00. The number of hydrogen-bond donors (Lipinski definition) is 1. The Morgan fingerprint density at radius 1 is 1.10 bits per heavy atom. The third-order valence-electron chi connectivity index (χ3n) is 4.15. The molecule has 0 bridgehead atoms. The van der Waals surface area contributed by atoms with E-state index < -0.39 is 9.84 Å². The van der Waals surface area contributed by atoms with Crippen LogP contribution < -0.4 is 10.1 Å². The number of anilines is 1. The van der Waals surface area contributed by atoms with Crippen molar-refractivity contribution in [1.82, 2.24) is 4.98 Å². The van der Waals surface area contributed by atoms with Crippen molar-refractivity contribution in [2.75, 3.05) is 11.9 Å². The summed E-state index contributed by atoms with van der Waals surface area (Å²) in [5.41, 5.74) is 1.01.